The Bertz CT molecular complexity index is 594. The Morgan fingerprint density at radius 2 is 1.48 bits per heavy atom. The first kappa shape index (κ1) is 19.7. The monoisotopic (exact) mass is 359 g/mol. The summed E-state index contributed by atoms with van der Waals surface area (Å²) in [4.78, 5) is 2.45. The predicted molar refractivity (Wildman–Crippen MR) is 109 cm³/mol. The summed E-state index contributed by atoms with van der Waals surface area (Å²) in [5.41, 5.74) is 2.52. The van der Waals surface area contributed by atoms with E-state index in [2.05, 4.69) is 36.1 Å². The Hall–Kier alpha value is -1.67. The highest BCUT2D eigenvalue weighted by molar-refractivity contribution is 6.30. The summed E-state index contributed by atoms with van der Waals surface area (Å²) in [5.74, 6) is 0.898. The first-order valence-electron chi connectivity index (χ1n) is 9.36. The lowest BCUT2D eigenvalue weighted by molar-refractivity contribution is 0.415. The quantitative estimate of drug-likeness (QED) is 0.413. The van der Waals surface area contributed by atoms with Gasteiger partial charge in [0.1, 0.15) is 5.75 Å². The molecular formula is C22H30ClNO. The van der Waals surface area contributed by atoms with Gasteiger partial charge in [0.2, 0.25) is 0 Å². The third-order valence-electron chi connectivity index (χ3n) is 4.51. The van der Waals surface area contributed by atoms with Crippen LogP contribution >= 0.6 is 11.6 Å². The molecule has 2 aromatic carbocycles. The fraction of sp³-hybridized carbons (Fsp3) is 0.455. The van der Waals surface area contributed by atoms with E-state index in [0.29, 0.717) is 0 Å². The van der Waals surface area contributed by atoms with E-state index in [1.807, 2.05) is 24.3 Å². The van der Waals surface area contributed by atoms with Gasteiger partial charge >= 0.3 is 0 Å². The highest BCUT2D eigenvalue weighted by Crippen LogP contribution is 2.22. The number of rotatable bonds is 11. The largest absolute Gasteiger partial charge is 0.497 e. The molecular weight excluding hydrogens is 330 g/mol. The molecule has 0 aliphatic carbocycles. The molecule has 0 heterocycles. The van der Waals surface area contributed by atoms with Gasteiger partial charge in [0, 0.05) is 23.8 Å². The van der Waals surface area contributed by atoms with Gasteiger partial charge < -0.3 is 9.64 Å². The molecule has 0 atom stereocenters. The molecule has 0 amide bonds. The first-order valence-corrected chi connectivity index (χ1v) is 9.74. The second kappa shape index (κ2) is 11.0. The average Bonchev–Trinajstić information content (AvgIpc) is 2.65. The standard InChI is InChI=1S/C22H30ClNO/c1-3-4-5-6-7-8-17-24(18-19-9-11-20(23)12-10-19)21-13-15-22(25-2)16-14-21/h9-16H,3-8,17-18H2,1-2H3. The molecule has 2 aromatic rings. The number of anilines is 1. The molecule has 25 heavy (non-hydrogen) atoms. The second-order valence-electron chi connectivity index (χ2n) is 6.51. The van der Waals surface area contributed by atoms with Crippen molar-refractivity contribution in [3.05, 3.63) is 59.1 Å². The Balaban J connectivity index is 1.98. The van der Waals surface area contributed by atoms with E-state index >= 15 is 0 Å². The average molecular weight is 360 g/mol. The summed E-state index contributed by atoms with van der Waals surface area (Å²) in [6, 6.07) is 16.5. The van der Waals surface area contributed by atoms with Gasteiger partial charge in [-0.15, -0.1) is 0 Å². The van der Waals surface area contributed by atoms with Gasteiger partial charge in [0.15, 0.2) is 0 Å². The fourth-order valence-corrected chi connectivity index (χ4v) is 3.11. The molecule has 0 aromatic heterocycles. The van der Waals surface area contributed by atoms with Crippen LogP contribution in [0.25, 0.3) is 0 Å². The van der Waals surface area contributed by atoms with Crippen LogP contribution in [-0.4, -0.2) is 13.7 Å². The smallest absolute Gasteiger partial charge is 0.119 e. The summed E-state index contributed by atoms with van der Waals surface area (Å²) in [7, 11) is 1.71. The van der Waals surface area contributed by atoms with Crippen molar-refractivity contribution in [1.29, 1.82) is 0 Å². The zero-order chi connectivity index (χ0) is 17.9. The summed E-state index contributed by atoms with van der Waals surface area (Å²) in [5, 5.41) is 0.788. The summed E-state index contributed by atoms with van der Waals surface area (Å²) >= 11 is 6.02. The number of unbranched alkanes of at least 4 members (excludes halogenated alkanes) is 5. The lowest BCUT2D eigenvalue weighted by Crippen LogP contribution is -2.23. The topological polar surface area (TPSA) is 12.5 Å². The van der Waals surface area contributed by atoms with Crippen molar-refractivity contribution in [3.8, 4) is 5.75 Å². The number of halogens is 1. The summed E-state index contributed by atoms with van der Waals surface area (Å²) in [6.45, 7) is 4.23. The van der Waals surface area contributed by atoms with Crippen LogP contribution in [0.15, 0.2) is 48.5 Å². The van der Waals surface area contributed by atoms with Crippen LogP contribution in [0.2, 0.25) is 5.02 Å². The molecule has 3 heteroatoms. The number of ether oxygens (including phenoxy) is 1. The molecule has 136 valence electrons. The van der Waals surface area contributed by atoms with Crippen molar-refractivity contribution in [2.75, 3.05) is 18.6 Å². The number of nitrogens with zero attached hydrogens (tertiary/aromatic N) is 1. The van der Waals surface area contributed by atoms with Gasteiger partial charge in [0.25, 0.3) is 0 Å². The van der Waals surface area contributed by atoms with Crippen LogP contribution in [0.1, 0.15) is 51.0 Å². The molecule has 0 radical (unpaired) electrons. The van der Waals surface area contributed by atoms with Crippen molar-refractivity contribution < 1.29 is 4.74 Å². The van der Waals surface area contributed by atoms with E-state index in [1.54, 1.807) is 7.11 Å². The van der Waals surface area contributed by atoms with Gasteiger partial charge in [-0.05, 0) is 48.4 Å². The molecule has 0 N–H and O–H groups in total. The van der Waals surface area contributed by atoms with E-state index < -0.39 is 0 Å². The number of methoxy groups -OCH3 is 1. The maximum atomic E-state index is 6.02. The van der Waals surface area contributed by atoms with Crippen molar-refractivity contribution in [3.63, 3.8) is 0 Å². The zero-order valence-corrected chi connectivity index (χ0v) is 16.3. The normalized spacial score (nSPS) is 10.7. The molecule has 2 nitrogen and oxygen atoms in total. The van der Waals surface area contributed by atoms with Crippen LogP contribution in [-0.2, 0) is 6.54 Å². The Kier molecular flexibility index (Phi) is 8.68. The first-order chi connectivity index (χ1) is 12.2. The highest BCUT2D eigenvalue weighted by Gasteiger charge is 2.08. The Morgan fingerprint density at radius 1 is 0.840 bits per heavy atom. The summed E-state index contributed by atoms with van der Waals surface area (Å²) < 4.78 is 5.28. The number of benzene rings is 2. The third-order valence-corrected chi connectivity index (χ3v) is 4.76. The highest BCUT2D eigenvalue weighted by atomic mass is 35.5. The van der Waals surface area contributed by atoms with Crippen LogP contribution in [0.4, 0.5) is 5.69 Å². The van der Waals surface area contributed by atoms with E-state index in [4.69, 9.17) is 16.3 Å². The van der Waals surface area contributed by atoms with Gasteiger partial charge in [0.05, 0.1) is 7.11 Å². The molecule has 0 aliphatic rings. The van der Waals surface area contributed by atoms with E-state index in [0.717, 1.165) is 23.9 Å². The maximum absolute atomic E-state index is 6.02. The van der Waals surface area contributed by atoms with E-state index in [1.165, 1.54) is 49.8 Å². The van der Waals surface area contributed by atoms with Gasteiger partial charge in [-0.3, -0.25) is 0 Å². The molecule has 0 spiro atoms. The van der Waals surface area contributed by atoms with E-state index in [-0.39, 0.29) is 0 Å². The molecule has 0 bridgehead atoms. The second-order valence-corrected chi connectivity index (χ2v) is 6.95. The molecule has 2 rings (SSSR count). The van der Waals surface area contributed by atoms with Crippen molar-refractivity contribution in [2.45, 2.75) is 52.0 Å². The predicted octanol–water partition coefficient (Wildman–Crippen LogP) is 6.72. The third kappa shape index (κ3) is 6.99. The van der Waals surface area contributed by atoms with Gasteiger partial charge in [-0.2, -0.15) is 0 Å². The lowest BCUT2D eigenvalue weighted by Gasteiger charge is -2.25. The minimum atomic E-state index is 0.788. The van der Waals surface area contributed by atoms with Crippen LogP contribution in [0.3, 0.4) is 0 Å². The summed E-state index contributed by atoms with van der Waals surface area (Å²) in [6.07, 6.45) is 7.87. The minimum Gasteiger partial charge on any atom is -0.497 e. The van der Waals surface area contributed by atoms with Crippen LogP contribution in [0.5, 0.6) is 5.75 Å². The van der Waals surface area contributed by atoms with Crippen molar-refractivity contribution in [2.24, 2.45) is 0 Å². The molecule has 0 unspecified atom stereocenters. The molecule has 0 aliphatic heterocycles. The molecule has 0 saturated carbocycles. The van der Waals surface area contributed by atoms with Crippen LogP contribution in [0, 0.1) is 0 Å². The lowest BCUT2D eigenvalue weighted by atomic mass is 10.1. The van der Waals surface area contributed by atoms with Gasteiger partial charge in [-0.25, -0.2) is 0 Å². The molecule has 0 fully saturated rings. The SMILES string of the molecule is CCCCCCCCN(Cc1ccc(Cl)cc1)c1ccc(OC)cc1. The zero-order valence-electron chi connectivity index (χ0n) is 15.5. The van der Waals surface area contributed by atoms with Crippen molar-refractivity contribution in [1.82, 2.24) is 0 Å². The van der Waals surface area contributed by atoms with Crippen LogP contribution < -0.4 is 9.64 Å². The van der Waals surface area contributed by atoms with Crippen molar-refractivity contribution >= 4 is 17.3 Å². The van der Waals surface area contributed by atoms with E-state index in [9.17, 15) is 0 Å². The Morgan fingerprint density at radius 3 is 2.12 bits per heavy atom. The van der Waals surface area contributed by atoms with Gasteiger partial charge in [-0.1, -0.05) is 62.8 Å². The fourth-order valence-electron chi connectivity index (χ4n) is 2.99. The Labute approximate surface area is 157 Å². The minimum absolute atomic E-state index is 0.788. The molecule has 0 saturated heterocycles. The maximum Gasteiger partial charge on any atom is 0.119 e. The number of hydrogen-bond donors (Lipinski definition) is 0. The number of hydrogen-bond acceptors (Lipinski definition) is 2.